The lowest BCUT2D eigenvalue weighted by atomic mass is 10.4. The van der Waals surface area contributed by atoms with Crippen molar-refractivity contribution in [2.75, 3.05) is 31.5 Å². The normalized spacial score (nSPS) is 16.3. The predicted molar refractivity (Wildman–Crippen MR) is 88.3 cm³/mol. The van der Waals surface area contributed by atoms with Crippen LogP contribution in [0, 0.1) is 0 Å². The van der Waals surface area contributed by atoms with Gasteiger partial charge in [-0.2, -0.15) is 0 Å². The van der Waals surface area contributed by atoms with Crippen molar-refractivity contribution < 1.29 is 4.79 Å². The van der Waals surface area contributed by atoms with Gasteiger partial charge in [0, 0.05) is 56.6 Å². The first-order chi connectivity index (χ1) is 11.3. The standard InChI is InChI=1S/C14H21N7OS/c1-2-20-7-4-15-12(20)11-19-5-3-6-21(9-8-19)14(22)17-13-10-16-18-23-13/h4,7,10H,2-3,5-6,8-9,11H2,1H3,(H,17,22). The van der Waals surface area contributed by atoms with Crippen molar-refractivity contribution in [3.05, 3.63) is 24.4 Å². The highest BCUT2D eigenvalue weighted by molar-refractivity contribution is 7.10. The molecule has 124 valence electrons. The molecule has 0 spiro atoms. The van der Waals surface area contributed by atoms with Crippen LogP contribution < -0.4 is 5.32 Å². The molecule has 3 rings (SSSR count). The summed E-state index contributed by atoms with van der Waals surface area (Å²) in [6.45, 7) is 7.18. The fourth-order valence-corrected chi connectivity index (χ4v) is 3.13. The molecular formula is C14H21N7OS. The number of carbonyl (C=O) groups is 1. The van der Waals surface area contributed by atoms with Crippen LogP contribution in [-0.2, 0) is 13.1 Å². The molecule has 0 saturated carbocycles. The molecule has 2 aromatic heterocycles. The van der Waals surface area contributed by atoms with Gasteiger partial charge in [0.1, 0.15) is 10.8 Å². The van der Waals surface area contributed by atoms with Crippen LogP contribution in [0.25, 0.3) is 0 Å². The quantitative estimate of drug-likeness (QED) is 0.916. The molecule has 0 aliphatic carbocycles. The molecule has 0 radical (unpaired) electrons. The molecule has 9 heteroatoms. The number of aromatic nitrogens is 4. The van der Waals surface area contributed by atoms with Crippen molar-refractivity contribution in [1.29, 1.82) is 0 Å². The molecule has 23 heavy (non-hydrogen) atoms. The maximum absolute atomic E-state index is 12.3. The molecule has 0 bridgehead atoms. The number of imidazole rings is 1. The van der Waals surface area contributed by atoms with Crippen LogP contribution in [0.1, 0.15) is 19.2 Å². The summed E-state index contributed by atoms with van der Waals surface area (Å²) >= 11 is 1.19. The van der Waals surface area contributed by atoms with Crippen LogP contribution in [0.2, 0.25) is 0 Å². The van der Waals surface area contributed by atoms with E-state index in [9.17, 15) is 4.79 Å². The minimum Gasteiger partial charge on any atom is -0.334 e. The number of nitrogens with zero attached hydrogens (tertiary/aromatic N) is 6. The third-order valence-electron chi connectivity index (χ3n) is 3.97. The SMILES string of the molecule is CCn1ccnc1CN1CCCN(C(=O)Nc2cnns2)CC1. The third kappa shape index (κ3) is 4.05. The van der Waals surface area contributed by atoms with Crippen molar-refractivity contribution in [2.24, 2.45) is 0 Å². The molecule has 0 aromatic carbocycles. The van der Waals surface area contributed by atoms with Crippen molar-refractivity contribution >= 4 is 22.6 Å². The number of urea groups is 1. The topological polar surface area (TPSA) is 79.2 Å². The summed E-state index contributed by atoms with van der Waals surface area (Å²) in [5, 5.41) is 7.25. The average molecular weight is 335 g/mol. The number of nitrogens with one attached hydrogen (secondary N) is 1. The largest absolute Gasteiger partial charge is 0.334 e. The molecular weight excluding hydrogens is 314 g/mol. The van der Waals surface area contributed by atoms with E-state index in [1.807, 2.05) is 17.3 Å². The van der Waals surface area contributed by atoms with Gasteiger partial charge < -0.3 is 9.47 Å². The molecule has 0 unspecified atom stereocenters. The zero-order valence-electron chi connectivity index (χ0n) is 13.2. The predicted octanol–water partition coefficient (Wildman–Crippen LogP) is 1.49. The molecule has 2 amide bonds. The lowest BCUT2D eigenvalue weighted by Crippen LogP contribution is -2.38. The minimum absolute atomic E-state index is 0.0760. The number of aryl methyl sites for hydroxylation is 1. The Labute approximate surface area is 139 Å². The van der Waals surface area contributed by atoms with E-state index in [0.29, 0.717) is 11.5 Å². The lowest BCUT2D eigenvalue weighted by molar-refractivity contribution is 0.210. The van der Waals surface area contributed by atoms with Gasteiger partial charge in [-0.1, -0.05) is 4.49 Å². The first-order valence-corrected chi connectivity index (χ1v) is 8.59. The van der Waals surface area contributed by atoms with Gasteiger partial charge in [-0.3, -0.25) is 10.2 Å². The molecule has 1 N–H and O–H groups in total. The van der Waals surface area contributed by atoms with Gasteiger partial charge in [-0.15, -0.1) is 5.10 Å². The van der Waals surface area contributed by atoms with Gasteiger partial charge in [0.2, 0.25) is 0 Å². The van der Waals surface area contributed by atoms with Crippen molar-refractivity contribution in [3.63, 3.8) is 0 Å². The summed E-state index contributed by atoms with van der Waals surface area (Å²) in [4.78, 5) is 20.9. The lowest BCUT2D eigenvalue weighted by Gasteiger charge is -2.22. The zero-order valence-corrected chi connectivity index (χ0v) is 14.0. The number of amides is 2. The summed E-state index contributed by atoms with van der Waals surface area (Å²) in [6, 6.07) is -0.0760. The van der Waals surface area contributed by atoms with Gasteiger partial charge in [-0.25, -0.2) is 9.78 Å². The van der Waals surface area contributed by atoms with Crippen molar-refractivity contribution in [1.82, 2.24) is 28.9 Å². The van der Waals surface area contributed by atoms with Gasteiger partial charge >= 0.3 is 6.03 Å². The van der Waals surface area contributed by atoms with Crippen LogP contribution in [0.4, 0.5) is 9.80 Å². The van der Waals surface area contributed by atoms with Gasteiger partial charge in [0.25, 0.3) is 0 Å². The van der Waals surface area contributed by atoms with E-state index >= 15 is 0 Å². The van der Waals surface area contributed by atoms with Crippen molar-refractivity contribution in [2.45, 2.75) is 26.4 Å². The highest BCUT2D eigenvalue weighted by Crippen LogP contribution is 2.12. The Kier molecular flexibility index (Phi) is 5.19. The van der Waals surface area contributed by atoms with Gasteiger partial charge in [0.15, 0.2) is 0 Å². The maximum atomic E-state index is 12.3. The second-order valence-corrected chi connectivity index (χ2v) is 6.24. The van der Waals surface area contributed by atoms with E-state index in [1.165, 1.54) is 11.5 Å². The molecule has 0 atom stereocenters. The molecule has 1 saturated heterocycles. The van der Waals surface area contributed by atoms with Crippen LogP contribution in [-0.4, -0.2) is 61.1 Å². The maximum Gasteiger partial charge on any atom is 0.322 e. The molecule has 1 aliphatic heterocycles. The van der Waals surface area contributed by atoms with Crippen LogP contribution in [0.3, 0.4) is 0 Å². The van der Waals surface area contributed by atoms with E-state index in [1.54, 1.807) is 6.20 Å². The first-order valence-electron chi connectivity index (χ1n) is 7.82. The summed E-state index contributed by atoms with van der Waals surface area (Å²) in [6.07, 6.45) is 6.38. The Bertz CT molecular complexity index is 627. The van der Waals surface area contributed by atoms with Crippen LogP contribution in [0.15, 0.2) is 18.6 Å². The summed E-state index contributed by atoms with van der Waals surface area (Å²) < 4.78 is 5.91. The summed E-state index contributed by atoms with van der Waals surface area (Å²) in [5.74, 6) is 1.08. The van der Waals surface area contributed by atoms with Crippen LogP contribution >= 0.6 is 11.5 Å². The molecule has 2 aromatic rings. The second-order valence-electron chi connectivity index (χ2n) is 5.46. The van der Waals surface area contributed by atoms with E-state index in [4.69, 9.17) is 0 Å². The second kappa shape index (κ2) is 7.51. The first kappa shape index (κ1) is 15.9. The molecule has 1 fully saturated rings. The van der Waals surface area contributed by atoms with E-state index in [-0.39, 0.29) is 6.03 Å². The highest BCUT2D eigenvalue weighted by Gasteiger charge is 2.20. The Balaban J connectivity index is 1.53. The van der Waals surface area contributed by atoms with E-state index in [2.05, 4.69) is 36.3 Å². The average Bonchev–Trinajstić information content (AvgIpc) is 3.15. The Hall–Kier alpha value is -2.00. The van der Waals surface area contributed by atoms with Crippen molar-refractivity contribution in [3.8, 4) is 0 Å². The number of carbonyl (C=O) groups excluding carboxylic acids is 1. The Morgan fingerprint density at radius 3 is 3.04 bits per heavy atom. The number of anilines is 1. The van der Waals surface area contributed by atoms with E-state index < -0.39 is 0 Å². The summed E-state index contributed by atoms with van der Waals surface area (Å²) in [7, 11) is 0. The highest BCUT2D eigenvalue weighted by atomic mass is 32.1. The fourth-order valence-electron chi connectivity index (χ4n) is 2.72. The number of hydrogen-bond donors (Lipinski definition) is 1. The van der Waals surface area contributed by atoms with E-state index in [0.717, 1.165) is 45.0 Å². The zero-order chi connectivity index (χ0) is 16.1. The molecule has 3 heterocycles. The summed E-state index contributed by atoms with van der Waals surface area (Å²) in [5.41, 5.74) is 0. The van der Waals surface area contributed by atoms with Gasteiger partial charge in [0.05, 0.1) is 12.7 Å². The molecule has 1 aliphatic rings. The fraction of sp³-hybridized carbons (Fsp3) is 0.571. The van der Waals surface area contributed by atoms with Crippen LogP contribution in [0.5, 0.6) is 0 Å². The smallest absolute Gasteiger partial charge is 0.322 e. The Morgan fingerprint density at radius 2 is 2.26 bits per heavy atom. The third-order valence-corrected chi connectivity index (χ3v) is 4.55. The monoisotopic (exact) mass is 335 g/mol. The Morgan fingerprint density at radius 1 is 1.35 bits per heavy atom. The number of rotatable bonds is 4. The van der Waals surface area contributed by atoms with Gasteiger partial charge in [-0.05, 0) is 13.3 Å². The minimum atomic E-state index is -0.0760. The number of hydrogen-bond acceptors (Lipinski definition) is 6. The molecule has 8 nitrogen and oxygen atoms in total.